The Morgan fingerprint density at radius 3 is 2.32 bits per heavy atom. The van der Waals surface area contributed by atoms with E-state index in [0.717, 1.165) is 11.1 Å². The van der Waals surface area contributed by atoms with Crippen molar-refractivity contribution in [1.29, 1.82) is 0 Å². The van der Waals surface area contributed by atoms with Gasteiger partial charge in [0.15, 0.2) is 11.5 Å². The number of nitrogens with one attached hydrogen (secondary N) is 1. The highest BCUT2D eigenvalue weighted by Crippen LogP contribution is 2.29. The highest BCUT2D eigenvalue weighted by molar-refractivity contribution is 5.92. The summed E-state index contributed by atoms with van der Waals surface area (Å²) in [6.45, 7) is 7.21. The van der Waals surface area contributed by atoms with E-state index >= 15 is 0 Å². The molecule has 0 unspecified atom stereocenters. The number of hydrogen-bond donors (Lipinski definition) is 1. The van der Waals surface area contributed by atoms with Gasteiger partial charge in [-0.2, -0.15) is 0 Å². The van der Waals surface area contributed by atoms with Gasteiger partial charge in [0.2, 0.25) is 5.91 Å². The highest BCUT2D eigenvalue weighted by atomic mass is 16.5. The summed E-state index contributed by atoms with van der Waals surface area (Å²) in [6, 6.07) is 13.9. The first-order chi connectivity index (χ1) is 14.7. The van der Waals surface area contributed by atoms with Gasteiger partial charge in [0.1, 0.15) is 6.61 Å². The fourth-order valence-electron chi connectivity index (χ4n) is 2.79. The maximum Gasteiger partial charge on any atom is 0.307 e. The molecule has 0 radical (unpaired) electrons. The predicted molar refractivity (Wildman–Crippen MR) is 121 cm³/mol. The van der Waals surface area contributed by atoms with Crippen LogP contribution in [0.1, 0.15) is 43.9 Å². The van der Waals surface area contributed by atoms with Crippen molar-refractivity contribution < 1.29 is 23.8 Å². The minimum atomic E-state index is -0.366. The third kappa shape index (κ3) is 7.81. The van der Waals surface area contributed by atoms with Crippen molar-refractivity contribution in [2.24, 2.45) is 0 Å². The van der Waals surface area contributed by atoms with Gasteiger partial charge in [-0.25, -0.2) is 0 Å². The Kier molecular flexibility index (Phi) is 8.67. The average molecular weight is 426 g/mol. The monoisotopic (exact) mass is 425 g/mol. The van der Waals surface area contributed by atoms with Gasteiger partial charge >= 0.3 is 5.97 Å². The zero-order valence-electron chi connectivity index (χ0n) is 18.9. The SMILES string of the molecule is COC(=O)CCNC(=O)/C=C/c1ccc(OCc2ccc(C(C)(C)C)cc2)c(OC)c1. The Balaban J connectivity index is 1.95. The Hall–Kier alpha value is -3.28. The molecule has 166 valence electrons. The topological polar surface area (TPSA) is 73.9 Å². The maximum absolute atomic E-state index is 11.8. The molecule has 0 aliphatic carbocycles. The minimum Gasteiger partial charge on any atom is -0.493 e. The first-order valence-corrected chi connectivity index (χ1v) is 10.2. The quantitative estimate of drug-likeness (QED) is 0.480. The third-order valence-corrected chi connectivity index (χ3v) is 4.69. The molecule has 0 spiro atoms. The van der Waals surface area contributed by atoms with Gasteiger partial charge in [-0.1, -0.05) is 51.1 Å². The number of ether oxygens (including phenoxy) is 3. The van der Waals surface area contributed by atoms with Crippen LogP contribution in [0.3, 0.4) is 0 Å². The molecule has 2 aromatic rings. The van der Waals surface area contributed by atoms with Crippen LogP contribution in [0.4, 0.5) is 0 Å². The van der Waals surface area contributed by atoms with Gasteiger partial charge in [-0.05, 0) is 40.3 Å². The second-order valence-electron chi connectivity index (χ2n) is 8.10. The van der Waals surface area contributed by atoms with E-state index in [4.69, 9.17) is 9.47 Å². The molecule has 0 saturated heterocycles. The van der Waals surface area contributed by atoms with Crippen LogP contribution in [0.5, 0.6) is 11.5 Å². The zero-order valence-corrected chi connectivity index (χ0v) is 18.9. The summed E-state index contributed by atoms with van der Waals surface area (Å²) in [5, 5.41) is 2.63. The minimum absolute atomic E-state index is 0.115. The molecule has 0 fully saturated rings. The Labute approximate surface area is 184 Å². The summed E-state index contributed by atoms with van der Waals surface area (Å²) in [5.41, 5.74) is 3.26. The van der Waals surface area contributed by atoms with E-state index in [1.807, 2.05) is 12.1 Å². The predicted octanol–water partition coefficient (Wildman–Crippen LogP) is 4.26. The van der Waals surface area contributed by atoms with Crippen LogP contribution < -0.4 is 14.8 Å². The van der Waals surface area contributed by atoms with Crippen LogP contribution in [0.25, 0.3) is 6.08 Å². The second kappa shape index (κ2) is 11.2. The number of benzene rings is 2. The molecule has 0 aromatic heterocycles. The van der Waals surface area contributed by atoms with Crippen molar-refractivity contribution in [3.05, 3.63) is 65.2 Å². The fraction of sp³-hybridized carbons (Fsp3) is 0.360. The smallest absolute Gasteiger partial charge is 0.307 e. The van der Waals surface area contributed by atoms with E-state index < -0.39 is 0 Å². The molecule has 0 saturated carbocycles. The van der Waals surface area contributed by atoms with Crippen molar-refractivity contribution in [3.63, 3.8) is 0 Å². The summed E-state index contributed by atoms with van der Waals surface area (Å²) in [6.07, 6.45) is 3.21. The number of hydrogen-bond acceptors (Lipinski definition) is 5. The standard InChI is InChI=1S/C25H31NO5/c1-25(2,3)20-10-6-19(7-11-20)17-31-21-12-8-18(16-22(21)29-4)9-13-23(27)26-15-14-24(28)30-5/h6-13,16H,14-15,17H2,1-5H3,(H,26,27)/b13-9+. The van der Waals surface area contributed by atoms with E-state index in [-0.39, 0.29) is 30.3 Å². The summed E-state index contributed by atoms with van der Waals surface area (Å²) >= 11 is 0. The molecule has 0 heterocycles. The number of methoxy groups -OCH3 is 2. The fourth-order valence-corrected chi connectivity index (χ4v) is 2.79. The normalized spacial score (nSPS) is 11.3. The van der Waals surface area contributed by atoms with Gasteiger partial charge in [-0.3, -0.25) is 9.59 Å². The molecule has 2 aromatic carbocycles. The number of amides is 1. The number of esters is 1. The lowest BCUT2D eigenvalue weighted by atomic mass is 9.87. The van der Waals surface area contributed by atoms with Crippen molar-refractivity contribution in [2.45, 2.75) is 39.2 Å². The maximum atomic E-state index is 11.8. The largest absolute Gasteiger partial charge is 0.493 e. The van der Waals surface area contributed by atoms with Crippen LogP contribution in [-0.4, -0.2) is 32.6 Å². The molecule has 2 rings (SSSR count). The van der Waals surface area contributed by atoms with Gasteiger partial charge in [-0.15, -0.1) is 0 Å². The van der Waals surface area contributed by atoms with Crippen molar-refractivity contribution in [1.82, 2.24) is 5.32 Å². The molecule has 0 bridgehead atoms. The molecular formula is C25H31NO5. The lowest BCUT2D eigenvalue weighted by Crippen LogP contribution is -2.24. The lowest BCUT2D eigenvalue weighted by Gasteiger charge is -2.19. The number of rotatable bonds is 9. The summed E-state index contributed by atoms with van der Waals surface area (Å²) in [4.78, 5) is 22.9. The van der Waals surface area contributed by atoms with Crippen LogP contribution in [-0.2, 0) is 26.3 Å². The van der Waals surface area contributed by atoms with Gasteiger partial charge in [0.25, 0.3) is 0 Å². The van der Waals surface area contributed by atoms with Crippen molar-refractivity contribution >= 4 is 18.0 Å². The van der Waals surface area contributed by atoms with Crippen LogP contribution in [0.2, 0.25) is 0 Å². The lowest BCUT2D eigenvalue weighted by molar-refractivity contribution is -0.140. The van der Waals surface area contributed by atoms with Crippen LogP contribution >= 0.6 is 0 Å². The van der Waals surface area contributed by atoms with E-state index in [1.54, 1.807) is 19.3 Å². The second-order valence-corrected chi connectivity index (χ2v) is 8.10. The molecule has 1 amide bonds. The molecule has 6 nitrogen and oxygen atoms in total. The summed E-state index contributed by atoms with van der Waals surface area (Å²) in [7, 11) is 2.89. The molecule has 0 atom stereocenters. The van der Waals surface area contributed by atoms with Crippen LogP contribution in [0, 0.1) is 0 Å². The zero-order chi connectivity index (χ0) is 22.9. The first-order valence-electron chi connectivity index (χ1n) is 10.2. The number of carbonyl (C=O) groups excluding carboxylic acids is 2. The third-order valence-electron chi connectivity index (χ3n) is 4.69. The summed E-state index contributed by atoms with van der Waals surface area (Å²) < 4.78 is 15.9. The highest BCUT2D eigenvalue weighted by Gasteiger charge is 2.13. The van der Waals surface area contributed by atoms with E-state index in [0.29, 0.717) is 18.1 Å². The molecular weight excluding hydrogens is 394 g/mol. The Bertz CT molecular complexity index is 910. The Morgan fingerprint density at radius 2 is 1.71 bits per heavy atom. The van der Waals surface area contributed by atoms with Gasteiger partial charge < -0.3 is 19.5 Å². The first kappa shape index (κ1) is 24.0. The molecule has 0 aliphatic heterocycles. The number of carbonyl (C=O) groups is 2. The van der Waals surface area contributed by atoms with Crippen LogP contribution in [0.15, 0.2) is 48.5 Å². The molecule has 31 heavy (non-hydrogen) atoms. The molecule has 1 N–H and O–H groups in total. The van der Waals surface area contributed by atoms with E-state index in [1.165, 1.54) is 18.7 Å². The molecule has 6 heteroatoms. The van der Waals surface area contributed by atoms with Crippen molar-refractivity contribution in [2.75, 3.05) is 20.8 Å². The van der Waals surface area contributed by atoms with Crippen molar-refractivity contribution in [3.8, 4) is 11.5 Å². The van der Waals surface area contributed by atoms with E-state index in [2.05, 4.69) is 55.1 Å². The molecule has 0 aliphatic rings. The average Bonchev–Trinajstić information content (AvgIpc) is 2.76. The van der Waals surface area contributed by atoms with Gasteiger partial charge in [0.05, 0.1) is 20.6 Å². The van der Waals surface area contributed by atoms with E-state index in [9.17, 15) is 9.59 Å². The summed E-state index contributed by atoms with van der Waals surface area (Å²) in [5.74, 6) is 0.554. The Morgan fingerprint density at radius 1 is 1.00 bits per heavy atom. The van der Waals surface area contributed by atoms with Gasteiger partial charge in [0, 0.05) is 12.6 Å².